The smallest absolute Gasteiger partial charge is 0.337 e. The minimum atomic E-state index is -0.551. The highest BCUT2D eigenvalue weighted by Crippen LogP contribution is 2.17. The predicted molar refractivity (Wildman–Crippen MR) is 90.9 cm³/mol. The van der Waals surface area contributed by atoms with E-state index in [4.69, 9.17) is 27.9 Å². The van der Waals surface area contributed by atoms with Crippen molar-refractivity contribution in [1.82, 2.24) is 4.98 Å². The largest absolute Gasteiger partial charge is 0.465 e. The number of aromatic nitrogens is 1. The number of hydrogen-bond donors (Lipinski definition) is 0. The zero-order chi connectivity index (χ0) is 17.5. The van der Waals surface area contributed by atoms with Crippen LogP contribution in [0.1, 0.15) is 21.6 Å². The zero-order valence-corrected chi connectivity index (χ0v) is 14.2. The monoisotopic (exact) mass is 365 g/mol. The number of pyridine rings is 1. The highest BCUT2D eigenvalue weighted by molar-refractivity contribution is 6.32. The third kappa shape index (κ3) is 5.08. The van der Waals surface area contributed by atoms with E-state index in [2.05, 4.69) is 9.72 Å². The summed E-state index contributed by atoms with van der Waals surface area (Å²) in [6.45, 7) is -0.0795. The van der Waals surface area contributed by atoms with E-state index in [0.29, 0.717) is 16.3 Å². The summed E-state index contributed by atoms with van der Waals surface area (Å²) >= 11 is 11.7. The van der Waals surface area contributed by atoms with Crippen LogP contribution in [0.3, 0.4) is 0 Å². The molecule has 0 fully saturated rings. The van der Waals surface area contributed by atoms with E-state index in [0.717, 1.165) is 5.56 Å². The third-order valence-electron chi connectivity index (χ3n) is 2.98. The Bertz CT molecular complexity index is 773. The number of rotatable bonds is 5. The van der Waals surface area contributed by atoms with E-state index in [1.54, 1.807) is 42.5 Å². The Morgan fingerprint density at radius 2 is 1.83 bits per heavy atom. The summed E-state index contributed by atoms with van der Waals surface area (Å²) in [6, 6.07) is 9.71. The number of nitrogens with zero attached hydrogens (tertiary/aromatic N) is 1. The van der Waals surface area contributed by atoms with Gasteiger partial charge < -0.3 is 9.47 Å². The van der Waals surface area contributed by atoms with Crippen molar-refractivity contribution in [1.29, 1.82) is 0 Å². The molecule has 0 saturated carbocycles. The molecule has 2 rings (SSSR count). The molecular formula is C17H13Cl2NO4. The Morgan fingerprint density at radius 3 is 2.50 bits per heavy atom. The lowest BCUT2D eigenvalue weighted by Crippen LogP contribution is -2.03. The number of esters is 2. The van der Waals surface area contributed by atoms with Crippen LogP contribution in [0.25, 0.3) is 6.08 Å². The summed E-state index contributed by atoms with van der Waals surface area (Å²) in [4.78, 5) is 27.0. The van der Waals surface area contributed by atoms with Crippen LogP contribution < -0.4 is 0 Å². The first-order valence-electron chi connectivity index (χ1n) is 6.83. The molecule has 0 N–H and O–H groups in total. The molecule has 24 heavy (non-hydrogen) atoms. The van der Waals surface area contributed by atoms with Crippen LogP contribution in [0.2, 0.25) is 10.2 Å². The summed E-state index contributed by atoms with van der Waals surface area (Å²) in [5, 5.41) is 0.640. The zero-order valence-electron chi connectivity index (χ0n) is 12.7. The van der Waals surface area contributed by atoms with Gasteiger partial charge >= 0.3 is 11.9 Å². The summed E-state index contributed by atoms with van der Waals surface area (Å²) in [5.74, 6) is -0.972. The van der Waals surface area contributed by atoms with Crippen molar-refractivity contribution < 1.29 is 19.1 Å². The van der Waals surface area contributed by atoms with Gasteiger partial charge in [0.25, 0.3) is 0 Å². The average molecular weight is 366 g/mol. The van der Waals surface area contributed by atoms with Crippen LogP contribution in [-0.2, 0) is 20.9 Å². The van der Waals surface area contributed by atoms with Crippen molar-refractivity contribution in [2.45, 2.75) is 6.61 Å². The molecule has 7 heteroatoms. The van der Waals surface area contributed by atoms with E-state index in [9.17, 15) is 9.59 Å². The standard InChI is InChI=1S/C17H13Cl2NO4/c1-23-17(22)12-5-2-11(3-6-12)4-9-16(21)24-10-14-13(18)7-8-15(19)20-14/h2-9H,10H2,1H3/b9-4+. The molecule has 0 bridgehead atoms. The van der Waals surface area contributed by atoms with Gasteiger partial charge in [-0.3, -0.25) is 0 Å². The molecule has 0 unspecified atom stereocenters. The second-order valence-corrected chi connectivity index (χ2v) is 5.41. The Labute approximate surface area is 148 Å². The molecule has 1 heterocycles. The molecule has 0 aliphatic carbocycles. The lowest BCUT2D eigenvalue weighted by Gasteiger charge is -2.04. The van der Waals surface area contributed by atoms with E-state index < -0.39 is 11.9 Å². The third-order valence-corrected chi connectivity index (χ3v) is 3.53. The minimum absolute atomic E-state index is 0.0795. The fourth-order valence-electron chi connectivity index (χ4n) is 1.76. The molecule has 0 aliphatic rings. The van der Waals surface area contributed by atoms with Gasteiger partial charge in [-0.1, -0.05) is 35.3 Å². The number of carbonyl (C=O) groups excluding carboxylic acids is 2. The fourth-order valence-corrected chi connectivity index (χ4v) is 2.08. The van der Waals surface area contributed by atoms with Crippen molar-refractivity contribution >= 4 is 41.2 Å². The van der Waals surface area contributed by atoms with Gasteiger partial charge in [-0.25, -0.2) is 14.6 Å². The minimum Gasteiger partial charge on any atom is -0.465 e. The second-order valence-electron chi connectivity index (χ2n) is 4.62. The molecule has 0 atom stereocenters. The highest BCUT2D eigenvalue weighted by Gasteiger charge is 2.06. The summed E-state index contributed by atoms with van der Waals surface area (Å²) in [7, 11) is 1.31. The van der Waals surface area contributed by atoms with Crippen LogP contribution in [-0.4, -0.2) is 24.0 Å². The number of methoxy groups -OCH3 is 1. The van der Waals surface area contributed by atoms with Crippen LogP contribution >= 0.6 is 23.2 Å². The maximum atomic E-state index is 11.7. The SMILES string of the molecule is COC(=O)c1ccc(/C=C/C(=O)OCc2nc(Cl)ccc2Cl)cc1. The van der Waals surface area contributed by atoms with Gasteiger partial charge in [0.2, 0.25) is 0 Å². The molecule has 0 spiro atoms. The number of hydrogen-bond acceptors (Lipinski definition) is 5. The van der Waals surface area contributed by atoms with E-state index in [-0.39, 0.29) is 11.8 Å². The molecular weight excluding hydrogens is 353 g/mol. The van der Waals surface area contributed by atoms with Gasteiger partial charge in [0.05, 0.1) is 23.4 Å². The second kappa shape index (κ2) is 8.47. The molecule has 0 amide bonds. The average Bonchev–Trinajstić information content (AvgIpc) is 2.60. The number of benzene rings is 1. The van der Waals surface area contributed by atoms with Crippen molar-refractivity contribution in [3.05, 3.63) is 69.5 Å². The molecule has 124 valence electrons. The number of carbonyl (C=O) groups is 2. The van der Waals surface area contributed by atoms with Crippen LogP contribution in [0.4, 0.5) is 0 Å². The lowest BCUT2D eigenvalue weighted by molar-refractivity contribution is -0.139. The molecule has 0 aliphatic heterocycles. The Hall–Kier alpha value is -2.37. The Morgan fingerprint density at radius 1 is 1.12 bits per heavy atom. The van der Waals surface area contributed by atoms with E-state index in [1.807, 2.05) is 0 Å². The van der Waals surface area contributed by atoms with Crippen molar-refractivity contribution in [3.63, 3.8) is 0 Å². The molecule has 5 nitrogen and oxygen atoms in total. The van der Waals surface area contributed by atoms with Gasteiger partial charge in [0, 0.05) is 6.08 Å². The van der Waals surface area contributed by atoms with Gasteiger partial charge in [0.15, 0.2) is 0 Å². The van der Waals surface area contributed by atoms with Crippen molar-refractivity contribution in [2.75, 3.05) is 7.11 Å². The lowest BCUT2D eigenvalue weighted by atomic mass is 10.1. The quantitative estimate of drug-likeness (QED) is 0.456. The van der Waals surface area contributed by atoms with Crippen LogP contribution in [0.15, 0.2) is 42.5 Å². The molecule has 1 aromatic heterocycles. The van der Waals surface area contributed by atoms with Gasteiger partial charge in [-0.2, -0.15) is 0 Å². The summed E-state index contributed by atoms with van der Waals surface area (Å²) < 4.78 is 9.67. The Kier molecular flexibility index (Phi) is 6.35. The van der Waals surface area contributed by atoms with E-state index >= 15 is 0 Å². The fraction of sp³-hybridized carbons (Fsp3) is 0.118. The first-order valence-corrected chi connectivity index (χ1v) is 7.59. The van der Waals surface area contributed by atoms with Crippen molar-refractivity contribution in [2.24, 2.45) is 0 Å². The summed E-state index contributed by atoms with van der Waals surface area (Å²) in [6.07, 6.45) is 2.84. The van der Waals surface area contributed by atoms with Gasteiger partial charge in [-0.05, 0) is 35.9 Å². The maximum absolute atomic E-state index is 11.7. The molecule has 1 aromatic carbocycles. The van der Waals surface area contributed by atoms with Crippen LogP contribution in [0, 0.1) is 0 Å². The van der Waals surface area contributed by atoms with Gasteiger partial charge in [0.1, 0.15) is 11.8 Å². The molecule has 0 radical (unpaired) electrons. The first kappa shape index (κ1) is 18.0. The van der Waals surface area contributed by atoms with Crippen LogP contribution in [0.5, 0.6) is 0 Å². The maximum Gasteiger partial charge on any atom is 0.337 e. The molecule has 0 saturated heterocycles. The molecule has 2 aromatic rings. The predicted octanol–water partition coefficient (Wildman–Crippen LogP) is 3.93. The first-order chi connectivity index (χ1) is 11.5. The topological polar surface area (TPSA) is 65.5 Å². The number of ether oxygens (including phenoxy) is 2. The van der Waals surface area contributed by atoms with Gasteiger partial charge in [-0.15, -0.1) is 0 Å². The Balaban J connectivity index is 1.93. The summed E-state index contributed by atoms with van der Waals surface area (Å²) in [5.41, 5.74) is 1.55. The number of halogens is 2. The highest BCUT2D eigenvalue weighted by atomic mass is 35.5. The van der Waals surface area contributed by atoms with E-state index in [1.165, 1.54) is 13.2 Å². The normalized spacial score (nSPS) is 10.6. The van der Waals surface area contributed by atoms with Crippen molar-refractivity contribution in [3.8, 4) is 0 Å².